The lowest BCUT2D eigenvalue weighted by atomic mass is 10.5. The van der Waals surface area contributed by atoms with Gasteiger partial charge in [0.25, 0.3) is 0 Å². The van der Waals surface area contributed by atoms with Gasteiger partial charge in [-0.15, -0.1) is 5.10 Å². The molecule has 1 rings (SSSR count). The van der Waals surface area contributed by atoms with Crippen molar-refractivity contribution in [2.45, 2.75) is 13.2 Å². The van der Waals surface area contributed by atoms with Crippen LogP contribution in [0.15, 0.2) is 6.20 Å². The number of aryl methyl sites for hydroxylation is 1. The highest BCUT2D eigenvalue weighted by molar-refractivity contribution is 4.91. The lowest BCUT2D eigenvalue weighted by Gasteiger charge is -2.00. The van der Waals surface area contributed by atoms with Gasteiger partial charge < -0.3 is 4.74 Å². The molecule has 11 heavy (non-hydrogen) atoms. The fraction of sp³-hybridized carbons (Fsp3) is 0.667. The Kier molecular flexibility index (Phi) is 2.97. The summed E-state index contributed by atoms with van der Waals surface area (Å²) >= 11 is 0. The molecule has 0 fully saturated rings. The van der Waals surface area contributed by atoms with Gasteiger partial charge in [-0.05, 0) is 0 Å². The van der Waals surface area contributed by atoms with Gasteiger partial charge >= 0.3 is 0 Å². The number of ether oxygens (including phenoxy) is 1. The number of hydrogen-bond donors (Lipinski definition) is 0. The van der Waals surface area contributed by atoms with Crippen molar-refractivity contribution < 1.29 is 9.13 Å². The van der Waals surface area contributed by atoms with Crippen LogP contribution in [-0.4, -0.2) is 28.8 Å². The summed E-state index contributed by atoms with van der Waals surface area (Å²) in [5, 5.41) is 7.30. The predicted octanol–water partition coefficient (Wildman–Crippen LogP) is 0.394. The Morgan fingerprint density at radius 2 is 2.55 bits per heavy atom. The van der Waals surface area contributed by atoms with E-state index >= 15 is 0 Å². The van der Waals surface area contributed by atoms with E-state index in [0.29, 0.717) is 6.61 Å². The first-order valence-electron chi connectivity index (χ1n) is 3.30. The first-order valence-corrected chi connectivity index (χ1v) is 3.30. The van der Waals surface area contributed by atoms with Crippen LogP contribution in [-0.2, 0) is 17.9 Å². The Hall–Kier alpha value is -0.970. The fourth-order valence-electron chi connectivity index (χ4n) is 0.807. The van der Waals surface area contributed by atoms with Gasteiger partial charge in [-0.3, -0.25) is 0 Å². The third-order valence-corrected chi connectivity index (χ3v) is 1.29. The average Bonchev–Trinajstić information content (AvgIpc) is 2.39. The number of nitrogens with zero attached hydrogens (tertiary/aromatic N) is 3. The number of hydrogen-bond acceptors (Lipinski definition) is 3. The van der Waals surface area contributed by atoms with Crippen LogP contribution in [0.25, 0.3) is 0 Å². The summed E-state index contributed by atoms with van der Waals surface area (Å²) in [4.78, 5) is 0. The van der Waals surface area contributed by atoms with Gasteiger partial charge in [0, 0.05) is 7.11 Å². The molecular formula is C6H10FN3O. The van der Waals surface area contributed by atoms with E-state index in [4.69, 9.17) is 4.74 Å². The number of rotatable bonds is 4. The third-order valence-electron chi connectivity index (χ3n) is 1.29. The van der Waals surface area contributed by atoms with Crippen molar-refractivity contribution in [1.82, 2.24) is 15.0 Å². The molecule has 4 nitrogen and oxygen atoms in total. The highest BCUT2D eigenvalue weighted by Crippen LogP contribution is 1.97. The number of alkyl halides is 1. The summed E-state index contributed by atoms with van der Waals surface area (Å²) in [6.45, 7) is 0.242. The van der Waals surface area contributed by atoms with Gasteiger partial charge in [-0.2, -0.15) is 0 Å². The second-order valence-corrected chi connectivity index (χ2v) is 2.07. The minimum Gasteiger partial charge on any atom is -0.378 e. The molecule has 1 aromatic rings. The van der Waals surface area contributed by atoms with Crippen LogP contribution in [0.1, 0.15) is 5.69 Å². The second kappa shape index (κ2) is 4.02. The topological polar surface area (TPSA) is 39.9 Å². The lowest BCUT2D eigenvalue weighted by Crippen LogP contribution is -2.07. The Balaban J connectivity index is 2.62. The molecule has 0 spiro atoms. The molecule has 1 aromatic heterocycles. The van der Waals surface area contributed by atoms with Crippen molar-refractivity contribution in [3.8, 4) is 0 Å². The van der Waals surface area contributed by atoms with Crippen LogP contribution in [0.4, 0.5) is 4.39 Å². The Bertz CT molecular complexity index is 193. The zero-order valence-corrected chi connectivity index (χ0v) is 6.33. The van der Waals surface area contributed by atoms with Crippen molar-refractivity contribution in [3.05, 3.63) is 11.9 Å². The maximum absolute atomic E-state index is 11.8. The number of methoxy groups -OCH3 is 1. The molecule has 0 amide bonds. The van der Waals surface area contributed by atoms with Gasteiger partial charge in [-0.25, -0.2) is 9.07 Å². The molecule has 0 bridgehead atoms. The Morgan fingerprint density at radius 1 is 1.73 bits per heavy atom. The van der Waals surface area contributed by atoms with Crippen LogP contribution >= 0.6 is 0 Å². The molecule has 5 heteroatoms. The van der Waals surface area contributed by atoms with Crippen molar-refractivity contribution >= 4 is 0 Å². The SMILES string of the molecule is COCc1cnnn1CC[18F]. The molecule has 0 saturated carbocycles. The molecule has 0 aliphatic rings. The minimum atomic E-state index is -0.430. The van der Waals surface area contributed by atoms with E-state index in [-0.39, 0.29) is 6.54 Å². The first-order chi connectivity index (χ1) is 5.38. The quantitative estimate of drug-likeness (QED) is 0.636. The summed E-state index contributed by atoms with van der Waals surface area (Å²) in [7, 11) is 1.58. The molecule has 0 aliphatic carbocycles. The van der Waals surface area contributed by atoms with E-state index < -0.39 is 6.67 Å². The molecular weight excluding hydrogens is 148 g/mol. The molecule has 0 unspecified atom stereocenters. The van der Waals surface area contributed by atoms with Crippen LogP contribution < -0.4 is 0 Å². The smallest absolute Gasteiger partial charge is 0.109 e. The van der Waals surface area contributed by atoms with Gasteiger partial charge in [0.1, 0.15) is 6.67 Å². The minimum absolute atomic E-state index is 0.249. The molecule has 0 radical (unpaired) electrons. The van der Waals surface area contributed by atoms with Crippen LogP contribution in [0.2, 0.25) is 0 Å². The van der Waals surface area contributed by atoms with Gasteiger partial charge in [0.2, 0.25) is 0 Å². The summed E-state index contributed by atoms with van der Waals surface area (Å²) in [6.07, 6.45) is 1.57. The largest absolute Gasteiger partial charge is 0.378 e. The van der Waals surface area contributed by atoms with Gasteiger partial charge in [0.15, 0.2) is 0 Å². The van der Waals surface area contributed by atoms with Gasteiger partial charge in [-0.1, -0.05) is 5.21 Å². The number of halogens is 1. The average molecular weight is 158 g/mol. The molecule has 0 N–H and O–H groups in total. The Labute approximate surface area is 64.0 Å². The summed E-state index contributed by atoms with van der Waals surface area (Å²) in [5.41, 5.74) is 0.796. The van der Waals surface area contributed by atoms with Crippen molar-refractivity contribution in [2.24, 2.45) is 0 Å². The Morgan fingerprint density at radius 3 is 3.18 bits per heavy atom. The lowest BCUT2D eigenvalue weighted by molar-refractivity contribution is 0.175. The van der Waals surface area contributed by atoms with E-state index in [1.165, 1.54) is 4.68 Å². The molecule has 0 atom stereocenters. The van der Waals surface area contributed by atoms with E-state index in [2.05, 4.69) is 10.3 Å². The number of aromatic nitrogens is 3. The second-order valence-electron chi connectivity index (χ2n) is 2.07. The highest BCUT2D eigenvalue weighted by atomic mass is 18.2. The maximum atomic E-state index is 11.8. The predicted molar refractivity (Wildman–Crippen MR) is 36.7 cm³/mol. The zero-order valence-electron chi connectivity index (χ0n) is 6.33. The fourth-order valence-corrected chi connectivity index (χ4v) is 0.807. The molecule has 0 aliphatic heterocycles. The monoisotopic (exact) mass is 158 g/mol. The van der Waals surface area contributed by atoms with Crippen LogP contribution in [0.3, 0.4) is 0 Å². The molecule has 1 heterocycles. The van der Waals surface area contributed by atoms with Gasteiger partial charge in [0.05, 0.1) is 25.0 Å². The normalized spacial score (nSPS) is 10.4. The molecule has 0 saturated heterocycles. The van der Waals surface area contributed by atoms with Crippen molar-refractivity contribution in [2.75, 3.05) is 13.8 Å². The third kappa shape index (κ3) is 1.98. The van der Waals surface area contributed by atoms with Crippen molar-refractivity contribution in [1.29, 1.82) is 0 Å². The van der Waals surface area contributed by atoms with E-state index in [1.807, 2.05) is 0 Å². The highest BCUT2D eigenvalue weighted by Gasteiger charge is 2.01. The standard InChI is InChI=1S/C6H10FN3O/c1-11-5-6-4-8-9-10(6)3-2-7/h4H,2-3,5H2,1H3/i7-1. The zero-order chi connectivity index (χ0) is 8.10. The molecule has 62 valence electrons. The van der Waals surface area contributed by atoms with Crippen molar-refractivity contribution in [3.63, 3.8) is 0 Å². The van der Waals surface area contributed by atoms with Crippen LogP contribution in [0.5, 0.6) is 0 Å². The summed E-state index contributed by atoms with van der Waals surface area (Å²) < 4.78 is 18.2. The summed E-state index contributed by atoms with van der Waals surface area (Å²) in [6, 6.07) is 0. The van der Waals surface area contributed by atoms with Crippen LogP contribution in [0, 0.1) is 0 Å². The molecule has 0 aromatic carbocycles. The maximum Gasteiger partial charge on any atom is 0.109 e. The van der Waals surface area contributed by atoms with E-state index in [0.717, 1.165) is 5.69 Å². The van der Waals surface area contributed by atoms with E-state index in [9.17, 15) is 4.39 Å². The summed E-state index contributed by atoms with van der Waals surface area (Å²) in [5.74, 6) is 0. The first kappa shape index (κ1) is 8.13. The van der Waals surface area contributed by atoms with E-state index in [1.54, 1.807) is 13.3 Å².